The van der Waals surface area contributed by atoms with Gasteiger partial charge in [0.25, 0.3) is 0 Å². The number of alkyl halides is 3. The second kappa shape index (κ2) is 9.69. The number of aliphatic imine (C=N–C) groups is 1. The Labute approximate surface area is 182 Å². The van der Waals surface area contributed by atoms with Crippen LogP contribution in [-0.4, -0.2) is 32.8 Å². The third kappa shape index (κ3) is 6.20. The number of guanidine groups is 1. The predicted octanol–water partition coefficient (Wildman–Crippen LogP) is 4.00. The lowest BCUT2D eigenvalue weighted by Crippen LogP contribution is -2.30. The maximum atomic E-state index is 12.8. The van der Waals surface area contributed by atoms with Crippen molar-refractivity contribution in [3.05, 3.63) is 78.6 Å². The molecule has 1 aromatic heterocycles. The highest BCUT2D eigenvalue weighted by atomic mass is 32.2. The number of ether oxygens (including phenoxy) is 1. The second-order valence-electron chi connectivity index (χ2n) is 6.46. The monoisotopic (exact) mass is 464 g/mol. The standard InChI is InChI=1S/C21H19F3N4O3S/c1-25-20(28-16-9-11-26-12-10-16)27-14-15-5-7-18(8-6-15)32(29,30)19-4-2-3-17(13-19)31-21(22,23)24/h2-13H,14H2,1H3,(H2,25,26,27,28). The molecule has 0 aliphatic heterocycles. The molecule has 0 aliphatic carbocycles. The average Bonchev–Trinajstić information content (AvgIpc) is 2.76. The molecule has 0 saturated carbocycles. The lowest BCUT2D eigenvalue weighted by atomic mass is 10.2. The highest BCUT2D eigenvalue weighted by Gasteiger charge is 2.31. The van der Waals surface area contributed by atoms with E-state index in [-0.39, 0.29) is 9.79 Å². The molecule has 0 bridgehead atoms. The molecule has 0 aliphatic rings. The Bertz CT molecular complexity index is 1180. The van der Waals surface area contributed by atoms with E-state index in [2.05, 4.69) is 25.3 Å². The van der Waals surface area contributed by atoms with E-state index in [1.54, 1.807) is 43.7 Å². The number of hydrogen-bond donors (Lipinski definition) is 2. The molecule has 168 valence electrons. The summed E-state index contributed by atoms with van der Waals surface area (Å²) in [6.45, 7) is 0.361. The fraction of sp³-hybridized carbons (Fsp3) is 0.143. The largest absolute Gasteiger partial charge is 0.573 e. The number of nitrogens with zero attached hydrogens (tertiary/aromatic N) is 2. The van der Waals surface area contributed by atoms with Gasteiger partial charge in [0.15, 0.2) is 5.96 Å². The van der Waals surface area contributed by atoms with Crippen LogP contribution >= 0.6 is 0 Å². The van der Waals surface area contributed by atoms with E-state index in [0.717, 1.165) is 23.4 Å². The van der Waals surface area contributed by atoms with Gasteiger partial charge in [-0.05, 0) is 48.0 Å². The van der Waals surface area contributed by atoms with E-state index >= 15 is 0 Å². The van der Waals surface area contributed by atoms with E-state index in [1.165, 1.54) is 24.3 Å². The first kappa shape index (κ1) is 23.1. The van der Waals surface area contributed by atoms with Crippen molar-refractivity contribution in [1.82, 2.24) is 10.3 Å². The lowest BCUT2D eigenvalue weighted by Gasteiger charge is -2.12. The third-order valence-corrected chi connectivity index (χ3v) is 5.98. The minimum absolute atomic E-state index is 0.0512. The molecule has 0 unspecified atom stereocenters. The summed E-state index contributed by atoms with van der Waals surface area (Å²) < 4.78 is 66.7. The lowest BCUT2D eigenvalue weighted by molar-refractivity contribution is -0.274. The number of rotatable bonds is 6. The minimum atomic E-state index is -4.91. The number of benzene rings is 2. The summed E-state index contributed by atoms with van der Waals surface area (Å²) in [5, 5.41) is 6.19. The van der Waals surface area contributed by atoms with Crippen LogP contribution in [0.5, 0.6) is 5.75 Å². The zero-order valence-electron chi connectivity index (χ0n) is 16.8. The topological polar surface area (TPSA) is 92.7 Å². The number of pyridine rings is 1. The molecular formula is C21H19F3N4O3S. The first-order valence-corrected chi connectivity index (χ1v) is 10.7. The normalized spacial score (nSPS) is 12.3. The van der Waals surface area contributed by atoms with Gasteiger partial charge in [0.05, 0.1) is 9.79 Å². The number of halogens is 3. The van der Waals surface area contributed by atoms with Gasteiger partial charge >= 0.3 is 6.36 Å². The van der Waals surface area contributed by atoms with Crippen molar-refractivity contribution in [3.63, 3.8) is 0 Å². The molecule has 0 fully saturated rings. The first-order chi connectivity index (χ1) is 15.2. The van der Waals surface area contributed by atoms with Gasteiger partial charge in [-0.15, -0.1) is 13.2 Å². The third-order valence-electron chi connectivity index (χ3n) is 4.21. The molecule has 11 heteroatoms. The maximum absolute atomic E-state index is 12.8. The van der Waals surface area contributed by atoms with Crippen LogP contribution in [0.15, 0.2) is 87.8 Å². The summed E-state index contributed by atoms with van der Waals surface area (Å²) in [4.78, 5) is 7.70. The fourth-order valence-corrected chi connectivity index (χ4v) is 3.99. The van der Waals surface area contributed by atoms with Crippen LogP contribution in [0, 0.1) is 0 Å². The van der Waals surface area contributed by atoms with Crippen LogP contribution in [-0.2, 0) is 16.4 Å². The summed E-state index contributed by atoms with van der Waals surface area (Å²) in [5.41, 5.74) is 1.57. The van der Waals surface area contributed by atoms with E-state index < -0.39 is 21.9 Å². The molecule has 0 spiro atoms. The summed E-state index contributed by atoms with van der Waals surface area (Å²) >= 11 is 0. The Hall–Kier alpha value is -3.60. The number of aromatic nitrogens is 1. The van der Waals surface area contributed by atoms with Crippen LogP contribution < -0.4 is 15.4 Å². The number of hydrogen-bond acceptors (Lipinski definition) is 5. The molecule has 0 radical (unpaired) electrons. The van der Waals surface area contributed by atoms with E-state index in [4.69, 9.17) is 0 Å². The van der Waals surface area contributed by atoms with Crippen molar-refractivity contribution in [2.45, 2.75) is 22.7 Å². The highest BCUT2D eigenvalue weighted by molar-refractivity contribution is 7.91. The Morgan fingerprint density at radius 2 is 1.72 bits per heavy atom. The van der Waals surface area contributed by atoms with E-state index in [0.29, 0.717) is 12.5 Å². The summed E-state index contributed by atoms with van der Waals surface area (Å²) in [6.07, 6.45) is -1.64. The molecular weight excluding hydrogens is 445 g/mol. The fourth-order valence-electron chi connectivity index (χ4n) is 2.70. The molecule has 0 amide bonds. The van der Waals surface area contributed by atoms with Crippen LogP contribution in [0.1, 0.15) is 5.56 Å². The van der Waals surface area contributed by atoms with Crippen molar-refractivity contribution < 1.29 is 26.3 Å². The van der Waals surface area contributed by atoms with Crippen molar-refractivity contribution in [2.75, 3.05) is 12.4 Å². The Morgan fingerprint density at radius 1 is 1.03 bits per heavy atom. The van der Waals surface area contributed by atoms with Gasteiger partial charge in [0.2, 0.25) is 9.84 Å². The zero-order valence-corrected chi connectivity index (χ0v) is 17.6. The molecule has 1 heterocycles. The quantitative estimate of drug-likeness (QED) is 0.423. The molecule has 0 saturated heterocycles. The Kier molecular flexibility index (Phi) is 6.98. The first-order valence-electron chi connectivity index (χ1n) is 9.25. The maximum Gasteiger partial charge on any atom is 0.573 e. The predicted molar refractivity (Wildman–Crippen MR) is 113 cm³/mol. The van der Waals surface area contributed by atoms with Crippen molar-refractivity contribution in [3.8, 4) is 5.75 Å². The summed E-state index contributed by atoms with van der Waals surface area (Å²) in [5.74, 6) is -0.0955. The molecule has 2 N–H and O–H groups in total. The molecule has 3 rings (SSSR count). The van der Waals surface area contributed by atoms with Gasteiger partial charge in [-0.3, -0.25) is 9.98 Å². The Morgan fingerprint density at radius 3 is 2.34 bits per heavy atom. The minimum Gasteiger partial charge on any atom is -0.406 e. The number of sulfone groups is 1. The highest BCUT2D eigenvalue weighted by Crippen LogP contribution is 2.28. The van der Waals surface area contributed by atoms with Crippen molar-refractivity contribution in [2.24, 2.45) is 4.99 Å². The summed E-state index contributed by atoms with van der Waals surface area (Å²) in [7, 11) is -2.41. The second-order valence-corrected chi connectivity index (χ2v) is 8.41. The molecule has 7 nitrogen and oxygen atoms in total. The smallest absolute Gasteiger partial charge is 0.406 e. The number of nitrogens with one attached hydrogen (secondary N) is 2. The van der Waals surface area contributed by atoms with Crippen molar-refractivity contribution in [1.29, 1.82) is 0 Å². The SMILES string of the molecule is CN=C(NCc1ccc(S(=O)(=O)c2cccc(OC(F)(F)F)c2)cc1)Nc1ccncc1. The van der Waals surface area contributed by atoms with Gasteiger partial charge in [0, 0.05) is 31.7 Å². The number of anilines is 1. The molecule has 3 aromatic rings. The zero-order chi connectivity index (χ0) is 23.2. The van der Waals surface area contributed by atoms with Crippen LogP contribution in [0.2, 0.25) is 0 Å². The van der Waals surface area contributed by atoms with Gasteiger partial charge in [-0.25, -0.2) is 8.42 Å². The van der Waals surface area contributed by atoms with Gasteiger partial charge in [0.1, 0.15) is 5.75 Å². The molecule has 0 atom stereocenters. The van der Waals surface area contributed by atoms with E-state index in [9.17, 15) is 21.6 Å². The molecule has 2 aromatic carbocycles. The molecule has 32 heavy (non-hydrogen) atoms. The van der Waals surface area contributed by atoms with Gasteiger partial charge < -0.3 is 15.4 Å². The van der Waals surface area contributed by atoms with Crippen LogP contribution in [0.3, 0.4) is 0 Å². The average molecular weight is 464 g/mol. The summed E-state index contributed by atoms with van der Waals surface area (Å²) in [6, 6.07) is 13.8. The van der Waals surface area contributed by atoms with Crippen LogP contribution in [0.25, 0.3) is 0 Å². The van der Waals surface area contributed by atoms with Gasteiger partial charge in [-0.1, -0.05) is 18.2 Å². The van der Waals surface area contributed by atoms with Crippen LogP contribution in [0.4, 0.5) is 18.9 Å². The Balaban J connectivity index is 1.69. The van der Waals surface area contributed by atoms with E-state index in [1.807, 2.05) is 0 Å². The van der Waals surface area contributed by atoms with Crippen molar-refractivity contribution >= 4 is 21.5 Å². The van der Waals surface area contributed by atoms with Gasteiger partial charge in [-0.2, -0.15) is 0 Å².